The largest absolute Gasteiger partial charge is 0.392 e. The van der Waals surface area contributed by atoms with Gasteiger partial charge in [0.2, 0.25) is 0 Å². The van der Waals surface area contributed by atoms with Crippen molar-refractivity contribution in [3.05, 3.63) is 51.3 Å². The highest BCUT2D eigenvalue weighted by molar-refractivity contribution is 6.31. The average molecular weight is 299 g/mol. The second-order valence-corrected chi connectivity index (χ2v) is 5.47. The molecule has 1 heterocycles. The van der Waals surface area contributed by atoms with Gasteiger partial charge in [-0.05, 0) is 31.0 Å². The molecule has 1 N–H and O–H groups in total. The molecule has 0 fully saturated rings. The fourth-order valence-corrected chi connectivity index (χ4v) is 2.45. The van der Waals surface area contributed by atoms with Crippen LogP contribution in [0.2, 0.25) is 10.0 Å². The normalized spacial score (nSPS) is 12.7. The first-order valence-corrected chi connectivity index (χ1v) is 6.83. The first-order chi connectivity index (χ1) is 8.97. The molecule has 0 spiro atoms. The van der Waals surface area contributed by atoms with E-state index in [1.54, 1.807) is 4.68 Å². The standard InChI is InChI=1S/C14H16Cl2N2O/c1-9-14(16)13(18(2)17-9)8-12(19)7-10-3-5-11(15)6-4-10/h3-6,12,19H,7-8H2,1-2H3. The molecule has 0 aliphatic carbocycles. The number of aliphatic hydroxyl groups is 1. The molecule has 2 rings (SSSR count). The smallest absolute Gasteiger partial charge is 0.0847 e. The molecular weight excluding hydrogens is 283 g/mol. The Bertz CT molecular complexity index is 564. The van der Waals surface area contributed by atoms with Gasteiger partial charge in [-0.25, -0.2) is 0 Å². The van der Waals surface area contributed by atoms with E-state index in [4.69, 9.17) is 23.2 Å². The third-order valence-electron chi connectivity index (χ3n) is 3.08. The van der Waals surface area contributed by atoms with Crippen LogP contribution in [0.1, 0.15) is 17.0 Å². The van der Waals surface area contributed by atoms with Crippen LogP contribution in [0, 0.1) is 6.92 Å². The summed E-state index contributed by atoms with van der Waals surface area (Å²) < 4.78 is 1.72. The van der Waals surface area contributed by atoms with Crippen molar-refractivity contribution in [1.29, 1.82) is 0 Å². The first kappa shape index (κ1) is 14.4. The summed E-state index contributed by atoms with van der Waals surface area (Å²) in [6, 6.07) is 7.49. The molecule has 102 valence electrons. The Kier molecular flexibility index (Phi) is 4.50. The Morgan fingerprint density at radius 3 is 2.37 bits per heavy atom. The number of rotatable bonds is 4. The van der Waals surface area contributed by atoms with Gasteiger partial charge in [-0.1, -0.05) is 35.3 Å². The molecule has 1 atom stereocenters. The molecule has 3 nitrogen and oxygen atoms in total. The summed E-state index contributed by atoms with van der Waals surface area (Å²) in [6.07, 6.45) is 0.560. The van der Waals surface area contributed by atoms with Gasteiger partial charge in [0.1, 0.15) is 0 Å². The van der Waals surface area contributed by atoms with E-state index in [0.717, 1.165) is 17.0 Å². The van der Waals surface area contributed by atoms with Gasteiger partial charge in [0, 0.05) is 18.5 Å². The molecule has 0 aliphatic heterocycles. The summed E-state index contributed by atoms with van der Waals surface area (Å²) in [4.78, 5) is 0. The van der Waals surface area contributed by atoms with Crippen LogP contribution >= 0.6 is 23.2 Å². The van der Waals surface area contributed by atoms with Gasteiger partial charge in [0.05, 0.1) is 22.5 Å². The van der Waals surface area contributed by atoms with E-state index in [1.165, 1.54) is 0 Å². The monoisotopic (exact) mass is 298 g/mol. The maximum Gasteiger partial charge on any atom is 0.0847 e. The number of hydrogen-bond donors (Lipinski definition) is 1. The highest BCUT2D eigenvalue weighted by Crippen LogP contribution is 2.21. The average Bonchev–Trinajstić information content (AvgIpc) is 2.59. The van der Waals surface area contributed by atoms with Crippen LogP contribution < -0.4 is 0 Å². The predicted molar refractivity (Wildman–Crippen MR) is 77.8 cm³/mol. The van der Waals surface area contributed by atoms with E-state index in [-0.39, 0.29) is 0 Å². The molecule has 2 aromatic rings. The lowest BCUT2D eigenvalue weighted by molar-refractivity contribution is 0.173. The van der Waals surface area contributed by atoms with E-state index < -0.39 is 6.10 Å². The molecule has 0 bridgehead atoms. The number of nitrogens with zero attached hydrogens (tertiary/aromatic N) is 2. The number of aryl methyl sites for hydroxylation is 2. The van der Waals surface area contributed by atoms with Gasteiger partial charge < -0.3 is 5.11 Å². The van der Waals surface area contributed by atoms with E-state index in [0.29, 0.717) is 22.9 Å². The van der Waals surface area contributed by atoms with Gasteiger partial charge in [-0.15, -0.1) is 0 Å². The Balaban J connectivity index is 2.05. The van der Waals surface area contributed by atoms with Crippen molar-refractivity contribution >= 4 is 23.2 Å². The highest BCUT2D eigenvalue weighted by Gasteiger charge is 2.15. The van der Waals surface area contributed by atoms with Crippen LogP contribution in [0.3, 0.4) is 0 Å². The third kappa shape index (κ3) is 3.50. The van der Waals surface area contributed by atoms with Crippen LogP contribution in [0.5, 0.6) is 0 Å². The maximum atomic E-state index is 10.2. The topological polar surface area (TPSA) is 38.0 Å². The Hall–Kier alpha value is -1.03. The lowest BCUT2D eigenvalue weighted by Gasteiger charge is -2.11. The molecule has 1 unspecified atom stereocenters. The minimum atomic E-state index is -0.492. The fraction of sp³-hybridized carbons (Fsp3) is 0.357. The lowest BCUT2D eigenvalue weighted by Crippen LogP contribution is -2.16. The zero-order chi connectivity index (χ0) is 14.0. The van der Waals surface area contributed by atoms with Gasteiger partial charge in [-0.2, -0.15) is 5.10 Å². The Morgan fingerprint density at radius 1 is 1.21 bits per heavy atom. The number of halogens is 2. The predicted octanol–water partition coefficient (Wildman–Crippen LogP) is 3.18. The Labute approximate surface area is 122 Å². The minimum absolute atomic E-state index is 0.485. The zero-order valence-corrected chi connectivity index (χ0v) is 12.4. The Morgan fingerprint density at radius 2 is 1.84 bits per heavy atom. The van der Waals surface area contributed by atoms with Gasteiger partial charge in [0.15, 0.2) is 0 Å². The molecule has 5 heteroatoms. The summed E-state index contributed by atoms with van der Waals surface area (Å²) in [5.74, 6) is 0. The second-order valence-electron chi connectivity index (χ2n) is 4.66. The molecule has 0 aliphatic rings. The van der Waals surface area contributed by atoms with Crippen molar-refractivity contribution in [3.8, 4) is 0 Å². The number of aromatic nitrogens is 2. The van der Waals surface area contributed by atoms with Crippen molar-refractivity contribution in [2.75, 3.05) is 0 Å². The quantitative estimate of drug-likeness (QED) is 0.941. The minimum Gasteiger partial charge on any atom is -0.392 e. The third-order valence-corrected chi connectivity index (χ3v) is 3.82. The van der Waals surface area contributed by atoms with E-state index in [9.17, 15) is 5.11 Å². The summed E-state index contributed by atoms with van der Waals surface area (Å²) in [7, 11) is 1.84. The second kappa shape index (κ2) is 5.95. The van der Waals surface area contributed by atoms with Gasteiger partial charge in [-0.3, -0.25) is 4.68 Å². The molecule has 1 aromatic heterocycles. The van der Waals surface area contributed by atoms with Crippen LogP contribution in [0.25, 0.3) is 0 Å². The molecule has 0 saturated carbocycles. The van der Waals surface area contributed by atoms with Gasteiger partial charge in [0.25, 0.3) is 0 Å². The molecule has 0 amide bonds. The van der Waals surface area contributed by atoms with Crippen molar-refractivity contribution in [2.45, 2.75) is 25.9 Å². The maximum absolute atomic E-state index is 10.2. The summed E-state index contributed by atoms with van der Waals surface area (Å²) in [5, 5.41) is 15.7. The van der Waals surface area contributed by atoms with Crippen molar-refractivity contribution < 1.29 is 5.11 Å². The van der Waals surface area contributed by atoms with E-state index in [1.807, 2.05) is 38.2 Å². The highest BCUT2D eigenvalue weighted by atomic mass is 35.5. The van der Waals surface area contributed by atoms with Crippen LogP contribution in [0.4, 0.5) is 0 Å². The van der Waals surface area contributed by atoms with Crippen LogP contribution in [0.15, 0.2) is 24.3 Å². The lowest BCUT2D eigenvalue weighted by atomic mass is 10.0. The number of hydrogen-bond acceptors (Lipinski definition) is 2. The van der Waals surface area contributed by atoms with Crippen LogP contribution in [-0.4, -0.2) is 21.0 Å². The van der Waals surface area contributed by atoms with Crippen molar-refractivity contribution in [1.82, 2.24) is 9.78 Å². The summed E-state index contributed by atoms with van der Waals surface area (Å²) in [6.45, 7) is 1.86. The first-order valence-electron chi connectivity index (χ1n) is 6.08. The van der Waals surface area contributed by atoms with Crippen molar-refractivity contribution in [2.24, 2.45) is 7.05 Å². The van der Waals surface area contributed by atoms with E-state index in [2.05, 4.69) is 5.10 Å². The van der Waals surface area contributed by atoms with Gasteiger partial charge >= 0.3 is 0 Å². The fourth-order valence-electron chi connectivity index (χ4n) is 2.09. The number of benzene rings is 1. The zero-order valence-electron chi connectivity index (χ0n) is 10.9. The SMILES string of the molecule is Cc1nn(C)c(CC(O)Cc2ccc(Cl)cc2)c1Cl. The molecule has 0 saturated heterocycles. The van der Waals surface area contributed by atoms with Crippen LogP contribution in [-0.2, 0) is 19.9 Å². The molecule has 19 heavy (non-hydrogen) atoms. The summed E-state index contributed by atoms with van der Waals surface area (Å²) in [5.41, 5.74) is 2.70. The molecule has 0 radical (unpaired) electrons. The van der Waals surface area contributed by atoms with E-state index >= 15 is 0 Å². The number of aliphatic hydroxyl groups excluding tert-OH is 1. The summed E-state index contributed by atoms with van der Waals surface area (Å²) >= 11 is 12.0. The molecular formula is C14H16Cl2N2O. The molecule has 1 aromatic carbocycles. The van der Waals surface area contributed by atoms with Crippen molar-refractivity contribution in [3.63, 3.8) is 0 Å².